The van der Waals surface area contributed by atoms with Crippen LogP contribution < -0.4 is 5.69 Å². The maximum absolute atomic E-state index is 15.1. The van der Waals surface area contributed by atoms with Gasteiger partial charge in [0.05, 0.1) is 17.9 Å². The predicted molar refractivity (Wildman–Crippen MR) is 126 cm³/mol. The third-order valence-corrected chi connectivity index (χ3v) is 5.87. The summed E-state index contributed by atoms with van der Waals surface area (Å²) in [7, 11) is 0. The Morgan fingerprint density at radius 2 is 1.70 bits per heavy atom. The maximum atomic E-state index is 15.1. The van der Waals surface area contributed by atoms with Crippen molar-refractivity contribution in [2.75, 3.05) is 0 Å². The van der Waals surface area contributed by atoms with Crippen LogP contribution in [-0.2, 0) is 19.5 Å². The molecule has 0 atom stereocenters. The monoisotopic (exact) mass is 448 g/mol. The molecular weight excluding hydrogens is 419 g/mol. The molecule has 0 spiro atoms. The highest BCUT2D eigenvalue weighted by Crippen LogP contribution is 2.26. The van der Waals surface area contributed by atoms with Crippen molar-refractivity contribution < 1.29 is 4.39 Å². The number of halogens is 1. The Morgan fingerprint density at radius 3 is 2.39 bits per heavy atom. The van der Waals surface area contributed by atoms with Crippen LogP contribution in [0.1, 0.15) is 50.8 Å². The molecule has 0 aliphatic rings. The maximum Gasteiger partial charge on any atom is 0.330 e. The first-order chi connectivity index (χ1) is 16.1. The lowest BCUT2D eigenvalue weighted by Gasteiger charge is -2.11. The number of nitrogens with zero attached hydrogens (tertiary/aromatic N) is 6. The largest absolute Gasteiger partial charge is 0.330 e. The zero-order valence-corrected chi connectivity index (χ0v) is 19.1. The molecule has 0 radical (unpaired) electrons. The molecule has 8 heteroatoms. The van der Waals surface area contributed by atoms with Crippen molar-refractivity contribution in [1.29, 1.82) is 0 Å². The Balaban J connectivity index is 1.64. The second-order valence-corrected chi connectivity index (χ2v) is 8.18. The number of benzene rings is 2. The van der Waals surface area contributed by atoms with E-state index in [0.29, 0.717) is 25.2 Å². The van der Waals surface area contributed by atoms with E-state index in [4.69, 9.17) is 0 Å². The summed E-state index contributed by atoms with van der Waals surface area (Å²) in [5.41, 5.74) is 4.07. The molecule has 0 unspecified atom stereocenters. The van der Waals surface area contributed by atoms with Crippen molar-refractivity contribution >= 4 is 0 Å². The molecule has 2 aromatic carbocycles. The number of rotatable bonds is 10. The highest BCUT2D eigenvalue weighted by atomic mass is 19.1. The molecule has 0 aliphatic carbocycles. The van der Waals surface area contributed by atoms with Gasteiger partial charge in [-0.25, -0.2) is 4.79 Å². The number of hydrogen-bond acceptors (Lipinski definition) is 4. The lowest BCUT2D eigenvalue weighted by Crippen LogP contribution is -2.26. The fraction of sp³-hybridized carbons (Fsp3) is 0.360. The molecule has 172 valence electrons. The number of tetrazole rings is 1. The minimum absolute atomic E-state index is 0.264. The van der Waals surface area contributed by atoms with Crippen LogP contribution in [0.5, 0.6) is 0 Å². The summed E-state index contributed by atoms with van der Waals surface area (Å²) in [5.74, 6) is -0.381. The van der Waals surface area contributed by atoms with Crippen LogP contribution >= 0.6 is 0 Å². The van der Waals surface area contributed by atoms with E-state index in [1.807, 2.05) is 55.5 Å². The summed E-state index contributed by atoms with van der Waals surface area (Å²) >= 11 is 0. The van der Waals surface area contributed by atoms with E-state index in [0.717, 1.165) is 48.1 Å². The zero-order chi connectivity index (χ0) is 23.2. The van der Waals surface area contributed by atoms with E-state index in [2.05, 4.69) is 22.4 Å². The fourth-order valence-electron chi connectivity index (χ4n) is 4.03. The Hall–Kier alpha value is -3.55. The van der Waals surface area contributed by atoms with E-state index in [-0.39, 0.29) is 11.6 Å². The lowest BCUT2D eigenvalue weighted by molar-refractivity contribution is 0.465. The standard InChI is InChI=1S/C25H29FN6O/c1-3-5-10-23-24(26)30(16-6-4-2)25(33)31(23)17-19-12-14-20(15-13-19)21-9-7-8-11-22(21)32-18-27-28-29-32/h7-9,11-15,18H,3-6,10,16-17H2,1-2H3. The van der Waals surface area contributed by atoms with Gasteiger partial charge >= 0.3 is 5.69 Å². The Kier molecular flexibility index (Phi) is 7.12. The molecule has 7 nitrogen and oxygen atoms in total. The van der Waals surface area contributed by atoms with Crippen LogP contribution in [-0.4, -0.2) is 29.3 Å². The molecular formula is C25H29FN6O. The summed E-state index contributed by atoms with van der Waals surface area (Å²) in [6, 6.07) is 15.9. The average molecular weight is 449 g/mol. The van der Waals surface area contributed by atoms with Gasteiger partial charge in [0, 0.05) is 12.1 Å². The molecule has 0 saturated carbocycles. The molecule has 0 amide bonds. The highest BCUT2D eigenvalue weighted by Gasteiger charge is 2.19. The van der Waals surface area contributed by atoms with Gasteiger partial charge in [-0.2, -0.15) is 9.07 Å². The summed E-state index contributed by atoms with van der Waals surface area (Å²) in [5, 5.41) is 11.5. The number of hydrogen-bond donors (Lipinski definition) is 0. The minimum Gasteiger partial charge on any atom is -0.289 e. The first kappa shape index (κ1) is 22.6. The van der Waals surface area contributed by atoms with Crippen LogP contribution in [0.3, 0.4) is 0 Å². The van der Waals surface area contributed by atoms with Gasteiger partial charge in [-0.3, -0.25) is 9.13 Å². The number of para-hydroxylation sites is 1. The molecule has 2 heterocycles. The van der Waals surface area contributed by atoms with Crippen LogP contribution in [0.2, 0.25) is 0 Å². The normalized spacial score (nSPS) is 11.2. The van der Waals surface area contributed by atoms with E-state index < -0.39 is 0 Å². The molecule has 0 N–H and O–H groups in total. The highest BCUT2D eigenvalue weighted by molar-refractivity contribution is 5.72. The van der Waals surface area contributed by atoms with Crippen LogP contribution in [0, 0.1) is 5.95 Å². The summed E-state index contributed by atoms with van der Waals surface area (Å²) < 4.78 is 19.6. The summed E-state index contributed by atoms with van der Waals surface area (Å²) in [4.78, 5) is 13.0. The first-order valence-electron chi connectivity index (χ1n) is 11.5. The third kappa shape index (κ3) is 4.79. The minimum atomic E-state index is -0.381. The van der Waals surface area contributed by atoms with E-state index in [1.54, 1.807) is 15.6 Å². The Bertz CT molecular complexity index is 1240. The fourth-order valence-corrected chi connectivity index (χ4v) is 4.03. The van der Waals surface area contributed by atoms with Crippen molar-refractivity contribution in [3.8, 4) is 16.8 Å². The molecule has 0 saturated heterocycles. The van der Waals surface area contributed by atoms with Gasteiger partial charge in [-0.15, -0.1) is 5.10 Å². The van der Waals surface area contributed by atoms with Crippen LogP contribution in [0.15, 0.2) is 59.7 Å². The number of unbranched alkanes of at least 4 members (excludes halogenated alkanes) is 2. The molecule has 2 aromatic heterocycles. The molecule has 33 heavy (non-hydrogen) atoms. The third-order valence-electron chi connectivity index (χ3n) is 5.87. The SMILES string of the molecule is CCCCc1c(F)n(CCCC)c(=O)n1Cc1ccc(-c2ccccc2-n2cnnn2)cc1. The van der Waals surface area contributed by atoms with Crippen molar-refractivity contribution in [3.63, 3.8) is 0 Å². The number of imidazole rings is 1. The van der Waals surface area contributed by atoms with E-state index in [1.165, 1.54) is 4.57 Å². The number of aromatic nitrogens is 6. The van der Waals surface area contributed by atoms with Crippen LogP contribution in [0.25, 0.3) is 16.8 Å². The second kappa shape index (κ2) is 10.4. The van der Waals surface area contributed by atoms with Gasteiger partial charge in [-0.1, -0.05) is 69.2 Å². The van der Waals surface area contributed by atoms with Gasteiger partial charge in [-0.05, 0) is 46.9 Å². The molecule has 0 fully saturated rings. The van der Waals surface area contributed by atoms with Gasteiger partial charge in [0.15, 0.2) is 0 Å². The van der Waals surface area contributed by atoms with Gasteiger partial charge in [0.25, 0.3) is 0 Å². The smallest absolute Gasteiger partial charge is 0.289 e. The van der Waals surface area contributed by atoms with Gasteiger partial charge in [0.1, 0.15) is 6.33 Å². The first-order valence-corrected chi connectivity index (χ1v) is 11.5. The summed E-state index contributed by atoms with van der Waals surface area (Å²) in [6.45, 7) is 4.88. The topological polar surface area (TPSA) is 70.5 Å². The molecule has 4 aromatic rings. The van der Waals surface area contributed by atoms with Crippen LogP contribution in [0.4, 0.5) is 4.39 Å². The van der Waals surface area contributed by atoms with E-state index in [9.17, 15) is 4.79 Å². The second-order valence-electron chi connectivity index (χ2n) is 8.18. The average Bonchev–Trinajstić information content (AvgIpc) is 3.45. The van der Waals surface area contributed by atoms with Crippen molar-refractivity contribution in [3.05, 3.63) is 82.5 Å². The van der Waals surface area contributed by atoms with Gasteiger partial charge < -0.3 is 0 Å². The van der Waals surface area contributed by atoms with E-state index >= 15 is 4.39 Å². The lowest BCUT2D eigenvalue weighted by atomic mass is 10.0. The van der Waals surface area contributed by atoms with Crippen molar-refractivity contribution in [1.82, 2.24) is 29.3 Å². The Morgan fingerprint density at radius 1 is 0.939 bits per heavy atom. The molecule has 4 rings (SSSR count). The van der Waals surface area contributed by atoms with Crippen molar-refractivity contribution in [2.24, 2.45) is 0 Å². The zero-order valence-electron chi connectivity index (χ0n) is 19.1. The quantitative estimate of drug-likeness (QED) is 0.355. The van der Waals surface area contributed by atoms with Crippen molar-refractivity contribution in [2.45, 2.75) is 59.0 Å². The Labute approximate surface area is 192 Å². The summed E-state index contributed by atoms with van der Waals surface area (Å²) in [6.07, 6.45) is 5.62. The van der Waals surface area contributed by atoms with Gasteiger partial charge in [0.2, 0.25) is 5.95 Å². The molecule has 0 bridgehead atoms. The predicted octanol–water partition coefficient (Wildman–Crippen LogP) is 4.62. The molecule has 0 aliphatic heterocycles.